The van der Waals surface area contributed by atoms with E-state index in [1.165, 1.54) is 12.1 Å². The molecule has 1 rings (SSSR count). The maximum Gasteiger partial charge on any atom is 0.378 e. The molecule has 0 aromatic heterocycles. The molecule has 0 saturated carbocycles. The molecule has 0 aliphatic carbocycles. The molecule has 4 nitrogen and oxygen atoms in total. The Morgan fingerprint density at radius 3 is 2.56 bits per heavy atom. The SMILES string of the molecule is O=C(OCC(F)(F)C(=O)O)c1ccc(I)cc1Cl. The van der Waals surface area contributed by atoms with E-state index >= 15 is 0 Å². The van der Waals surface area contributed by atoms with Crippen LogP contribution in [0.1, 0.15) is 10.4 Å². The second-order valence-corrected chi connectivity index (χ2v) is 4.86. The van der Waals surface area contributed by atoms with Crippen molar-refractivity contribution in [2.45, 2.75) is 5.92 Å². The molecule has 0 amide bonds. The number of benzene rings is 1. The van der Waals surface area contributed by atoms with Gasteiger partial charge in [0.1, 0.15) is 0 Å². The molecule has 0 radical (unpaired) electrons. The van der Waals surface area contributed by atoms with Crippen molar-refractivity contribution in [2.24, 2.45) is 0 Å². The Bertz CT molecular complexity index is 493. The highest BCUT2D eigenvalue weighted by atomic mass is 127. The average Bonchev–Trinajstić information content (AvgIpc) is 2.25. The van der Waals surface area contributed by atoms with Gasteiger partial charge in [-0.2, -0.15) is 8.78 Å². The molecule has 0 heterocycles. The predicted molar refractivity (Wildman–Crippen MR) is 67.0 cm³/mol. The number of carbonyl (C=O) groups excluding carboxylic acids is 1. The lowest BCUT2D eigenvalue weighted by atomic mass is 10.2. The molecule has 0 spiro atoms. The highest BCUT2D eigenvalue weighted by Gasteiger charge is 2.40. The van der Waals surface area contributed by atoms with Crippen molar-refractivity contribution in [2.75, 3.05) is 6.61 Å². The molecule has 1 N–H and O–H groups in total. The minimum absolute atomic E-state index is 0.0468. The third-order valence-corrected chi connectivity index (χ3v) is 2.83. The summed E-state index contributed by atoms with van der Waals surface area (Å²) in [6.07, 6.45) is 0. The second kappa shape index (κ2) is 5.79. The number of hydrogen-bond donors (Lipinski definition) is 1. The standard InChI is InChI=1S/C10H6ClF2IO4/c11-7-3-5(14)1-2-6(7)8(15)18-4-10(12,13)9(16)17/h1-3H,4H2,(H,16,17). The van der Waals surface area contributed by atoms with Crippen molar-refractivity contribution < 1.29 is 28.2 Å². The van der Waals surface area contributed by atoms with E-state index in [9.17, 15) is 18.4 Å². The molecule has 0 saturated heterocycles. The van der Waals surface area contributed by atoms with E-state index in [-0.39, 0.29) is 10.6 Å². The van der Waals surface area contributed by atoms with Gasteiger partial charge < -0.3 is 9.84 Å². The lowest BCUT2D eigenvalue weighted by Crippen LogP contribution is -2.34. The van der Waals surface area contributed by atoms with E-state index in [1.54, 1.807) is 6.07 Å². The number of ether oxygens (including phenoxy) is 1. The number of carboxylic acids is 1. The van der Waals surface area contributed by atoms with Crippen molar-refractivity contribution in [3.63, 3.8) is 0 Å². The molecule has 1 aromatic rings. The fourth-order valence-corrected chi connectivity index (χ4v) is 1.88. The number of alkyl halides is 2. The fourth-order valence-electron chi connectivity index (χ4n) is 0.951. The molecular formula is C10H6ClF2IO4. The monoisotopic (exact) mass is 390 g/mol. The normalized spacial score (nSPS) is 11.1. The molecule has 0 atom stereocenters. The molecule has 0 aliphatic heterocycles. The number of hydrogen-bond acceptors (Lipinski definition) is 3. The summed E-state index contributed by atoms with van der Waals surface area (Å²) in [5.74, 6) is -7.58. The van der Waals surface area contributed by atoms with Crippen molar-refractivity contribution in [3.05, 3.63) is 32.4 Å². The highest BCUT2D eigenvalue weighted by Crippen LogP contribution is 2.21. The maximum atomic E-state index is 12.7. The summed E-state index contributed by atoms with van der Waals surface area (Å²) in [4.78, 5) is 21.5. The predicted octanol–water partition coefficient (Wildman–Crippen LogP) is 2.82. The van der Waals surface area contributed by atoms with Gasteiger partial charge in [0.15, 0.2) is 6.61 Å². The highest BCUT2D eigenvalue weighted by molar-refractivity contribution is 14.1. The van der Waals surface area contributed by atoms with Gasteiger partial charge in [-0.1, -0.05) is 11.6 Å². The Hall–Kier alpha value is -0.960. The molecule has 98 valence electrons. The Labute approximate surface area is 119 Å². The molecule has 8 heteroatoms. The van der Waals surface area contributed by atoms with Crippen molar-refractivity contribution in [1.29, 1.82) is 0 Å². The Balaban J connectivity index is 2.75. The maximum absolute atomic E-state index is 12.7. The average molecular weight is 391 g/mol. The van der Waals surface area contributed by atoms with Crippen molar-refractivity contribution in [1.82, 2.24) is 0 Å². The first-order valence-electron chi connectivity index (χ1n) is 4.47. The molecule has 0 fully saturated rings. The van der Waals surface area contributed by atoms with Crippen LogP contribution in [-0.2, 0) is 9.53 Å². The zero-order chi connectivity index (χ0) is 13.9. The first kappa shape index (κ1) is 15.1. The smallest absolute Gasteiger partial charge is 0.378 e. The number of carbonyl (C=O) groups is 2. The summed E-state index contributed by atoms with van der Waals surface area (Å²) in [6, 6.07) is 4.30. The van der Waals surface area contributed by atoms with E-state index in [0.29, 0.717) is 0 Å². The largest absolute Gasteiger partial charge is 0.477 e. The zero-order valence-electron chi connectivity index (χ0n) is 8.62. The Morgan fingerprint density at radius 1 is 1.44 bits per heavy atom. The summed E-state index contributed by atoms with van der Waals surface area (Å²) in [5.41, 5.74) is -0.0988. The number of carboxylic acid groups (broad SMARTS) is 1. The van der Waals surface area contributed by atoms with Crippen LogP contribution in [-0.4, -0.2) is 29.6 Å². The summed E-state index contributed by atoms with van der Waals surface area (Å²) >= 11 is 7.68. The van der Waals surface area contributed by atoms with Gasteiger partial charge in [-0.05, 0) is 40.8 Å². The first-order chi connectivity index (χ1) is 8.24. The number of rotatable bonds is 4. The van der Waals surface area contributed by atoms with Gasteiger partial charge in [0.2, 0.25) is 0 Å². The Morgan fingerprint density at radius 2 is 2.06 bits per heavy atom. The van der Waals surface area contributed by atoms with Gasteiger partial charge in [0, 0.05) is 3.57 Å². The van der Waals surface area contributed by atoms with Gasteiger partial charge >= 0.3 is 17.9 Å². The van der Waals surface area contributed by atoms with Gasteiger partial charge in [-0.3, -0.25) is 0 Å². The van der Waals surface area contributed by atoms with Gasteiger partial charge in [-0.15, -0.1) is 0 Å². The Kier molecular flexibility index (Phi) is 4.85. The lowest BCUT2D eigenvalue weighted by Gasteiger charge is -2.12. The summed E-state index contributed by atoms with van der Waals surface area (Å²) in [5, 5.41) is 8.19. The van der Waals surface area contributed by atoms with Crippen LogP contribution in [0.15, 0.2) is 18.2 Å². The minimum Gasteiger partial charge on any atom is -0.477 e. The van der Waals surface area contributed by atoms with Crippen LogP contribution >= 0.6 is 34.2 Å². The minimum atomic E-state index is -4.12. The molecule has 18 heavy (non-hydrogen) atoms. The summed E-state index contributed by atoms with van der Waals surface area (Å²) in [6.45, 7) is -1.54. The molecule has 0 unspecified atom stereocenters. The van der Waals surface area contributed by atoms with Gasteiger partial charge in [-0.25, -0.2) is 9.59 Å². The van der Waals surface area contributed by atoms with E-state index in [2.05, 4.69) is 4.74 Å². The molecular weight excluding hydrogens is 384 g/mol. The van der Waals surface area contributed by atoms with E-state index in [1.807, 2.05) is 22.6 Å². The van der Waals surface area contributed by atoms with Crippen LogP contribution in [0.25, 0.3) is 0 Å². The third-order valence-electron chi connectivity index (χ3n) is 1.85. The molecule has 0 aliphatic rings. The van der Waals surface area contributed by atoms with Crippen LogP contribution in [0.3, 0.4) is 0 Å². The number of esters is 1. The quantitative estimate of drug-likeness (QED) is 0.634. The van der Waals surface area contributed by atoms with Crippen LogP contribution in [0.2, 0.25) is 5.02 Å². The van der Waals surface area contributed by atoms with Crippen molar-refractivity contribution >= 4 is 46.1 Å². The molecule has 0 bridgehead atoms. The fraction of sp³-hybridized carbons (Fsp3) is 0.200. The van der Waals surface area contributed by atoms with E-state index in [0.717, 1.165) is 3.57 Å². The summed E-state index contributed by atoms with van der Waals surface area (Å²) in [7, 11) is 0. The summed E-state index contributed by atoms with van der Waals surface area (Å²) < 4.78 is 30.3. The van der Waals surface area contributed by atoms with Crippen LogP contribution in [0, 0.1) is 3.57 Å². The molecule has 1 aromatic carbocycles. The number of aliphatic carboxylic acids is 1. The zero-order valence-corrected chi connectivity index (χ0v) is 11.5. The van der Waals surface area contributed by atoms with Crippen LogP contribution in [0.4, 0.5) is 8.78 Å². The lowest BCUT2D eigenvalue weighted by molar-refractivity contribution is -0.170. The van der Waals surface area contributed by atoms with E-state index in [4.69, 9.17) is 16.7 Å². The number of halogens is 4. The topological polar surface area (TPSA) is 63.6 Å². The van der Waals surface area contributed by atoms with Crippen LogP contribution < -0.4 is 0 Å². The van der Waals surface area contributed by atoms with E-state index < -0.39 is 24.5 Å². The first-order valence-corrected chi connectivity index (χ1v) is 5.93. The van der Waals surface area contributed by atoms with Gasteiger partial charge in [0.25, 0.3) is 0 Å². The van der Waals surface area contributed by atoms with Gasteiger partial charge in [0.05, 0.1) is 10.6 Å². The second-order valence-electron chi connectivity index (χ2n) is 3.21. The third kappa shape index (κ3) is 3.77. The van der Waals surface area contributed by atoms with Crippen LogP contribution in [0.5, 0.6) is 0 Å². The van der Waals surface area contributed by atoms with Crippen molar-refractivity contribution in [3.8, 4) is 0 Å².